The summed E-state index contributed by atoms with van der Waals surface area (Å²) >= 11 is 0. The molecule has 1 atom stereocenters. The maximum absolute atomic E-state index is 12.4. The fourth-order valence-electron chi connectivity index (χ4n) is 2.62. The van der Waals surface area contributed by atoms with Gasteiger partial charge < -0.3 is 15.2 Å². The highest BCUT2D eigenvalue weighted by Crippen LogP contribution is 2.17. The van der Waals surface area contributed by atoms with Crippen molar-refractivity contribution in [3.8, 4) is 0 Å². The van der Waals surface area contributed by atoms with Crippen LogP contribution in [0.1, 0.15) is 28.9 Å². The Kier molecular flexibility index (Phi) is 4.37. The minimum Gasteiger partial charge on any atom is -0.364 e. The average Bonchev–Trinajstić information content (AvgIpc) is 2.39. The molecule has 2 rings (SSSR count). The predicted octanol–water partition coefficient (Wildman–Crippen LogP) is 0.755. The fraction of sp³-hybridized carbons (Fsp3) is 0.571. The molecule has 1 aliphatic heterocycles. The van der Waals surface area contributed by atoms with Gasteiger partial charge in [0.2, 0.25) is 0 Å². The van der Waals surface area contributed by atoms with Crippen molar-refractivity contribution in [2.24, 2.45) is 5.92 Å². The van der Waals surface area contributed by atoms with Gasteiger partial charge in [0.25, 0.3) is 5.91 Å². The van der Waals surface area contributed by atoms with Gasteiger partial charge in [-0.3, -0.25) is 9.59 Å². The molecule has 2 N–H and O–H groups in total. The van der Waals surface area contributed by atoms with Crippen molar-refractivity contribution in [3.63, 3.8) is 0 Å². The standard InChI is InChI=1S/C14H21N3O2/c1-10-6-13(18)12(8-16-10)14(19)17-5-3-4-11(9-17)7-15-2/h6,8,11,15H,3-5,7,9H2,1-2H3,(H,16,18). The van der Waals surface area contributed by atoms with Gasteiger partial charge in [0.05, 0.1) is 0 Å². The minimum absolute atomic E-state index is 0.151. The highest BCUT2D eigenvalue weighted by Gasteiger charge is 2.25. The fourth-order valence-corrected chi connectivity index (χ4v) is 2.62. The molecule has 1 aliphatic rings. The van der Waals surface area contributed by atoms with Crippen LogP contribution in [0.4, 0.5) is 0 Å². The molecule has 2 heterocycles. The number of aryl methyl sites for hydroxylation is 1. The molecule has 5 nitrogen and oxygen atoms in total. The molecule has 104 valence electrons. The number of hydrogen-bond donors (Lipinski definition) is 2. The van der Waals surface area contributed by atoms with Crippen LogP contribution in [-0.4, -0.2) is 42.5 Å². The largest absolute Gasteiger partial charge is 0.364 e. The van der Waals surface area contributed by atoms with E-state index in [1.807, 2.05) is 7.05 Å². The number of amides is 1. The number of H-pyrrole nitrogens is 1. The minimum atomic E-state index is -0.197. The van der Waals surface area contributed by atoms with Crippen LogP contribution < -0.4 is 10.7 Å². The first-order chi connectivity index (χ1) is 9.11. The van der Waals surface area contributed by atoms with Gasteiger partial charge in [-0.1, -0.05) is 0 Å². The Bertz CT molecular complexity index is 508. The molecule has 0 radical (unpaired) electrons. The van der Waals surface area contributed by atoms with Crippen molar-refractivity contribution in [2.75, 3.05) is 26.7 Å². The van der Waals surface area contributed by atoms with Gasteiger partial charge in [-0.15, -0.1) is 0 Å². The number of piperidine rings is 1. The SMILES string of the molecule is CNCC1CCCN(C(=O)c2c[nH]c(C)cc2=O)C1. The third-order valence-corrected chi connectivity index (χ3v) is 3.59. The van der Waals surface area contributed by atoms with Crippen LogP contribution in [-0.2, 0) is 0 Å². The van der Waals surface area contributed by atoms with Gasteiger partial charge in [0.1, 0.15) is 5.56 Å². The number of nitrogens with one attached hydrogen (secondary N) is 2. The lowest BCUT2D eigenvalue weighted by atomic mass is 9.97. The summed E-state index contributed by atoms with van der Waals surface area (Å²) in [6.45, 7) is 4.19. The van der Waals surface area contributed by atoms with Gasteiger partial charge >= 0.3 is 0 Å². The Labute approximate surface area is 113 Å². The Morgan fingerprint density at radius 1 is 1.58 bits per heavy atom. The van der Waals surface area contributed by atoms with Crippen molar-refractivity contribution < 1.29 is 4.79 Å². The van der Waals surface area contributed by atoms with Crippen LogP contribution in [0.2, 0.25) is 0 Å². The zero-order valence-corrected chi connectivity index (χ0v) is 11.5. The monoisotopic (exact) mass is 263 g/mol. The molecule has 1 unspecified atom stereocenters. The van der Waals surface area contributed by atoms with Crippen molar-refractivity contribution in [1.29, 1.82) is 0 Å². The van der Waals surface area contributed by atoms with Crippen LogP contribution in [0.3, 0.4) is 0 Å². The van der Waals surface area contributed by atoms with Gasteiger partial charge in [-0.25, -0.2) is 0 Å². The Hall–Kier alpha value is -1.62. The van der Waals surface area contributed by atoms with Gasteiger partial charge in [0.15, 0.2) is 5.43 Å². The van der Waals surface area contributed by atoms with E-state index in [4.69, 9.17) is 0 Å². The van der Waals surface area contributed by atoms with Crippen molar-refractivity contribution >= 4 is 5.91 Å². The lowest BCUT2D eigenvalue weighted by Gasteiger charge is -2.32. The van der Waals surface area contributed by atoms with Crippen molar-refractivity contribution in [2.45, 2.75) is 19.8 Å². The molecule has 0 spiro atoms. The lowest BCUT2D eigenvalue weighted by molar-refractivity contribution is 0.0672. The molecule has 1 aromatic heterocycles. The number of aromatic nitrogens is 1. The first-order valence-corrected chi connectivity index (χ1v) is 6.75. The molecular weight excluding hydrogens is 242 g/mol. The normalized spacial score (nSPS) is 19.5. The smallest absolute Gasteiger partial charge is 0.259 e. The molecule has 0 bridgehead atoms. The summed E-state index contributed by atoms with van der Waals surface area (Å²) < 4.78 is 0. The second-order valence-corrected chi connectivity index (χ2v) is 5.21. The first-order valence-electron chi connectivity index (χ1n) is 6.75. The molecule has 0 saturated carbocycles. The first kappa shape index (κ1) is 13.8. The van der Waals surface area contributed by atoms with E-state index in [1.165, 1.54) is 12.3 Å². The van der Waals surface area contributed by atoms with Gasteiger partial charge in [-0.2, -0.15) is 0 Å². The van der Waals surface area contributed by atoms with Crippen molar-refractivity contribution in [1.82, 2.24) is 15.2 Å². The van der Waals surface area contributed by atoms with Gasteiger partial charge in [-0.05, 0) is 39.3 Å². The maximum atomic E-state index is 12.4. The number of aromatic amines is 1. The lowest BCUT2D eigenvalue weighted by Crippen LogP contribution is -2.43. The van der Waals surface area contributed by atoms with E-state index in [2.05, 4.69) is 10.3 Å². The van der Waals surface area contributed by atoms with E-state index in [9.17, 15) is 9.59 Å². The Morgan fingerprint density at radius 2 is 2.37 bits per heavy atom. The van der Waals surface area contributed by atoms with E-state index in [1.54, 1.807) is 11.8 Å². The third-order valence-electron chi connectivity index (χ3n) is 3.59. The molecule has 19 heavy (non-hydrogen) atoms. The van der Waals surface area contributed by atoms with Crippen molar-refractivity contribution in [3.05, 3.63) is 33.7 Å². The van der Waals surface area contributed by atoms with E-state index in [-0.39, 0.29) is 16.9 Å². The maximum Gasteiger partial charge on any atom is 0.259 e. The predicted molar refractivity (Wildman–Crippen MR) is 74.4 cm³/mol. The van der Waals surface area contributed by atoms with Crippen LogP contribution in [0.25, 0.3) is 0 Å². The summed E-state index contributed by atoms with van der Waals surface area (Å²) in [6, 6.07) is 1.47. The number of pyridine rings is 1. The second-order valence-electron chi connectivity index (χ2n) is 5.21. The molecule has 0 aliphatic carbocycles. The van der Waals surface area contributed by atoms with Crippen LogP contribution in [0.5, 0.6) is 0 Å². The molecule has 1 saturated heterocycles. The number of likely N-dealkylation sites (tertiary alicyclic amines) is 1. The Balaban J connectivity index is 2.12. The van der Waals surface area contributed by atoms with Gasteiger partial charge in [0, 0.05) is 31.0 Å². The molecule has 5 heteroatoms. The topological polar surface area (TPSA) is 65.2 Å². The molecule has 0 aromatic carbocycles. The molecular formula is C14H21N3O2. The molecule has 1 fully saturated rings. The summed E-state index contributed by atoms with van der Waals surface area (Å²) in [4.78, 5) is 29.0. The summed E-state index contributed by atoms with van der Waals surface area (Å²) in [5, 5.41) is 3.15. The third kappa shape index (κ3) is 3.23. The van der Waals surface area contributed by atoms with E-state index in [0.717, 1.165) is 38.2 Å². The zero-order chi connectivity index (χ0) is 13.8. The quantitative estimate of drug-likeness (QED) is 0.846. The summed E-state index contributed by atoms with van der Waals surface area (Å²) in [5.74, 6) is 0.328. The highest BCUT2D eigenvalue weighted by atomic mass is 16.2. The number of rotatable bonds is 3. The number of nitrogens with zero attached hydrogens (tertiary/aromatic N) is 1. The number of carbonyl (C=O) groups is 1. The zero-order valence-electron chi connectivity index (χ0n) is 11.5. The summed E-state index contributed by atoms with van der Waals surface area (Å²) in [6.07, 6.45) is 3.67. The van der Waals surface area contributed by atoms with E-state index < -0.39 is 0 Å². The molecule has 1 amide bonds. The highest BCUT2D eigenvalue weighted by molar-refractivity contribution is 5.93. The van der Waals surface area contributed by atoms with Crippen LogP contribution >= 0.6 is 0 Å². The number of carbonyl (C=O) groups excluding carboxylic acids is 1. The number of hydrogen-bond acceptors (Lipinski definition) is 3. The average molecular weight is 263 g/mol. The summed E-state index contributed by atoms with van der Waals surface area (Å²) in [7, 11) is 1.92. The Morgan fingerprint density at radius 3 is 3.05 bits per heavy atom. The van der Waals surface area contributed by atoms with E-state index in [0.29, 0.717) is 5.92 Å². The molecule has 1 aromatic rings. The van der Waals surface area contributed by atoms with E-state index >= 15 is 0 Å². The second kappa shape index (κ2) is 6.02. The van der Waals surface area contributed by atoms with Crippen LogP contribution in [0, 0.1) is 12.8 Å². The van der Waals surface area contributed by atoms with Crippen LogP contribution in [0.15, 0.2) is 17.1 Å². The summed E-state index contributed by atoms with van der Waals surface area (Å²) in [5.41, 5.74) is 0.820.